The molecule has 2 N–H and O–H groups in total. The molecule has 0 amide bonds. The number of hydrogen-bond donors (Lipinski definition) is 2. The highest BCUT2D eigenvalue weighted by Gasteiger charge is 2.15. The summed E-state index contributed by atoms with van der Waals surface area (Å²) >= 11 is 0. The zero-order chi connectivity index (χ0) is 18.3. The molecule has 6 heteroatoms. The fourth-order valence-electron chi connectivity index (χ4n) is 3.00. The Bertz CT molecular complexity index is 1250. The number of aromatic amines is 2. The van der Waals surface area contributed by atoms with Crippen LogP contribution in [0.15, 0.2) is 59.5 Å². The molecule has 0 fully saturated rings. The van der Waals surface area contributed by atoms with Crippen LogP contribution in [0, 0.1) is 23.0 Å². The number of nitrogens with one attached hydrogen (secondary N) is 2. The fourth-order valence-corrected chi connectivity index (χ4v) is 3.00. The Hall–Kier alpha value is -3.72. The van der Waals surface area contributed by atoms with E-state index in [-0.39, 0.29) is 16.7 Å². The van der Waals surface area contributed by atoms with Gasteiger partial charge in [0.1, 0.15) is 11.6 Å². The van der Waals surface area contributed by atoms with Crippen LogP contribution in [-0.2, 0) is 0 Å². The summed E-state index contributed by atoms with van der Waals surface area (Å²) in [5.41, 5.74) is 1.87. The molecule has 0 aliphatic heterocycles. The van der Waals surface area contributed by atoms with Gasteiger partial charge < -0.3 is 9.97 Å². The molecule has 0 radical (unpaired) electrons. The van der Waals surface area contributed by atoms with Gasteiger partial charge in [-0.2, -0.15) is 5.26 Å². The molecule has 2 heterocycles. The zero-order valence-corrected chi connectivity index (χ0v) is 13.3. The van der Waals surface area contributed by atoms with Gasteiger partial charge in [-0.15, -0.1) is 0 Å². The number of nitrogens with zero attached hydrogens (tertiary/aromatic N) is 1. The SMILES string of the molecule is N#Cc1c(-c2ccc(F)c(F)c2)cc(-c2c[nH]c3ccccc23)[nH]c1=O. The molecule has 4 aromatic rings. The standard InChI is InChI=1S/C20H11F2N3O/c21-16-6-5-11(7-17(16)22)13-8-19(25-20(26)14(13)9-23)15-10-24-18-4-2-1-3-12(15)18/h1-8,10,24H,(H,25,26). The number of halogens is 2. The van der Waals surface area contributed by atoms with Crippen molar-refractivity contribution in [2.45, 2.75) is 0 Å². The van der Waals surface area contributed by atoms with Gasteiger partial charge in [0, 0.05) is 28.2 Å². The summed E-state index contributed by atoms with van der Waals surface area (Å²) in [7, 11) is 0. The van der Waals surface area contributed by atoms with Crippen LogP contribution in [0.4, 0.5) is 8.78 Å². The van der Waals surface area contributed by atoms with E-state index >= 15 is 0 Å². The lowest BCUT2D eigenvalue weighted by molar-refractivity contribution is 0.509. The minimum Gasteiger partial charge on any atom is -0.360 e. The fraction of sp³-hybridized carbons (Fsp3) is 0. The van der Waals surface area contributed by atoms with Crippen LogP contribution in [-0.4, -0.2) is 9.97 Å². The summed E-state index contributed by atoms with van der Waals surface area (Å²) in [4.78, 5) is 18.2. The minimum atomic E-state index is -1.04. The van der Waals surface area contributed by atoms with Gasteiger partial charge in [0.2, 0.25) is 0 Å². The van der Waals surface area contributed by atoms with Gasteiger partial charge >= 0.3 is 0 Å². The smallest absolute Gasteiger partial charge is 0.266 e. The minimum absolute atomic E-state index is 0.153. The number of nitriles is 1. The zero-order valence-electron chi connectivity index (χ0n) is 13.3. The van der Waals surface area contributed by atoms with Crippen molar-refractivity contribution in [2.24, 2.45) is 0 Å². The lowest BCUT2D eigenvalue weighted by Crippen LogP contribution is -2.12. The Labute approximate surface area is 146 Å². The van der Waals surface area contributed by atoms with Crippen LogP contribution < -0.4 is 5.56 Å². The Kier molecular flexibility index (Phi) is 3.63. The van der Waals surface area contributed by atoms with E-state index < -0.39 is 17.2 Å². The molecule has 4 rings (SSSR count). The molecule has 2 aromatic heterocycles. The number of rotatable bonds is 2. The quantitative estimate of drug-likeness (QED) is 0.566. The average Bonchev–Trinajstić information content (AvgIpc) is 3.07. The monoisotopic (exact) mass is 347 g/mol. The second kappa shape index (κ2) is 5.97. The maximum Gasteiger partial charge on any atom is 0.266 e. The molecule has 0 aliphatic rings. The highest BCUT2D eigenvalue weighted by Crippen LogP contribution is 2.31. The number of aromatic nitrogens is 2. The molecular formula is C20H11F2N3O. The van der Waals surface area contributed by atoms with Crippen molar-refractivity contribution < 1.29 is 8.78 Å². The second-order valence-corrected chi connectivity index (χ2v) is 5.79. The van der Waals surface area contributed by atoms with E-state index in [9.17, 15) is 18.8 Å². The predicted molar refractivity (Wildman–Crippen MR) is 94.4 cm³/mol. The maximum atomic E-state index is 13.6. The van der Waals surface area contributed by atoms with Gasteiger partial charge in [0.25, 0.3) is 5.56 Å². The van der Waals surface area contributed by atoms with Crippen molar-refractivity contribution in [3.8, 4) is 28.5 Å². The van der Waals surface area contributed by atoms with Gasteiger partial charge in [-0.25, -0.2) is 8.78 Å². The van der Waals surface area contributed by atoms with Crippen molar-refractivity contribution in [3.05, 3.63) is 82.3 Å². The van der Waals surface area contributed by atoms with Crippen LogP contribution in [0.1, 0.15) is 5.56 Å². The van der Waals surface area contributed by atoms with Crippen LogP contribution in [0.3, 0.4) is 0 Å². The van der Waals surface area contributed by atoms with E-state index in [1.54, 1.807) is 12.3 Å². The highest BCUT2D eigenvalue weighted by molar-refractivity contribution is 5.95. The van der Waals surface area contributed by atoms with E-state index in [0.717, 1.165) is 28.6 Å². The third-order valence-corrected chi connectivity index (χ3v) is 4.26. The molecular weight excluding hydrogens is 336 g/mol. The van der Waals surface area contributed by atoms with Crippen molar-refractivity contribution >= 4 is 10.9 Å². The van der Waals surface area contributed by atoms with Crippen molar-refractivity contribution in [3.63, 3.8) is 0 Å². The van der Waals surface area contributed by atoms with Gasteiger partial charge in [-0.3, -0.25) is 4.79 Å². The van der Waals surface area contributed by atoms with Crippen LogP contribution in [0.2, 0.25) is 0 Å². The van der Waals surface area contributed by atoms with Crippen LogP contribution in [0.25, 0.3) is 33.3 Å². The van der Waals surface area contributed by atoms with Crippen molar-refractivity contribution in [1.82, 2.24) is 9.97 Å². The number of benzene rings is 2. The average molecular weight is 347 g/mol. The third kappa shape index (κ3) is 2.47. The first-order chi connectivity index (χ1) is 12.6. The summed E-state index contributed by atoms with van der Waals surface area (Å²) in [5.74, 6) is -2.03. The number of hydrogen-bond acceptors (Lipinski definition) is 2. The maximum absolute atomic E-state index is 13.6. The highest BCUT2D eigenvalue weighted by atomic mass is 19.2. The molecule has 4 nitrogen and oxygen atoms in total. The van der Waals surface area contributed by atoms with Gasteiger partial charge in [0.05, 0.1) is 5.69 Å². The third-order valence-electron chi connectivity index (χ3n) is 4.26. The second-order valence-electron chi connectivity index (χ2n) is 5.79. The summed E-state index contributed by atoms with van der Waals surface area (Å²) in [6, 6.07) is 14.3. The molecule has 0 saturated heterocycles. The Morgan fingerprint density at radius 1 is 0.962 bits per heavy atom. The van der Waals surface area contributed by atoms with Gasteiger partial charge in [-0.1, -0.05) is 24.3 Å². The molecule has 0 atom stereocenters. The molecule has 0 saturated carbocycles. The molecule has 0 spiro atoms. The largest absolute Gasteiger partial charge is 0.360 e. The van der Waals surface area contributed by atoms with E-state index in [4.69, 9.17) is 0 Å². The Balaban J connectivity index is 1.99. The molecule has 0 aliphatic carbocycles. The van der Waals surface area contributed by atoms with Crippen LogP contribution >= 0.6 is 0 Å². The number of para-hydroxylation sites is 1. The number of pyridine rings is 1. The number of H-pyrrole nitrogens is 2. The number of fused-ring (bicyclic) bond motifs is 1. The van der Waals surface area contributed by atoms with Gasteiger partial charge in [-0.05, 0) is 29.8 Å². The van der Waals surface area contributed by atoms with Gasteiger partial charge in [0.15, 0.2) is 11.6 Å². The summed E-state index contributed by atoms with van der Waals surface area (Å²) < 4.78 is 26.9. The van der Waals surface area contributed by atoms with E-state index in [0.29, 0.717) is 5.69 Å². The van der Waals surface area contributed by atoms with Crippen molar-refractivity contribution in [2.75, 3.05) is 0 Å². The summed E-state index contributed by atoms with van der Waals surface area (Å²) in [6.45, 7) is 0. The molecule has 26 heavy (non-hydrogen) atoms. The topological polar surface area (TPSA) is 72.4 Å². The lowest BCUT2D eigenvalue weighted by Gasteiger charge is -2.08. The summed E-state index contributed by atoms with van der Waals surface area (Å²) in [5, 5.41) is 10.2. The first-order valence-electron chi connectivity index (χ1n) is 7.78. The Morgan fingerprint density at radius 3 is 2.54 bits per heavy atom. The van der Waals surface area contributed by atoms with Crippen molar-refractivity contribution in [1.29, 1.82) is 5.26 Å². The van der Waals surface area contributed by atoms with Crippen LogP contribution in [0.5, 0.6) is 0 Å². The van der Waals surface area contributed by atoms with E-state index in [2.05, 4.69) is 9.97 Å². The molecule has 0 unspecified atom stereocenters. The summed E-state index contributed by atoms with van der Waals surface area (Å²) in [6.07, 6.45) is 1.75. The lowest BCUT2D eigenvalue weighted by atomic mass is 9.99. The Morgan fingerprint density at radius 2 is 1.77 bits per heavy atom. The van der Waals surface area contributed by atoms with E-state index in [1.807, 2.05) is 30.3 Å². The van der Waals surface area contributed by atoms with E-state index in [1.165, 1.54) is 6.07 Å². The predicted octanol–water partition coefficient (Wildman–Crippen LogP) is 4.34. The first-order valence-corrected chi connectivity index (χ1v) is 7.78. The molecule has 2 aromatic carbocycles. The first kappa shape index (κ1) is 15.8. The molecule has 126 valence electrons. The molecule has 0 bridgehead atoms. The normalized spacial score (nSPS) is 10.8.